The molecule has 4 nitrogen and oxygen atoms in total. The van der Waals surface area contributed by atoms with Crippen LogP contribution in [0, 0.1) is 6.92 Å². The predicted octanol–water partition coefficient (Wildman–Crippen LogP) is 1.14. The Hall–Kier alpha value is -1.97. The fraction of sp³-hybridized carbons (Fsp3) is 0.100. The van der Waals surface area contributed by atoms with Gasteiger partial charge in [0.15, 0.2) is 0 Å². The fourth-order valence-corrected chi connectivity index (χ4v) is 1.29. The summed E-state index contributed by atoms with van der Waals surface area (Å²) in [7, 11) is 0. The molecule has 0 bridgehead atoms. The van der Waals surface area contributed by atoms with Gasteiger partial charge in [0, 0.05) is 17.8 Å². The van der Waals surface area contributed by atoms with Crippen molar-refractivity contribution in [2.75, 3.05) is 0 Å². The molecule has 4 heteroatoms. The molecule has 0 aliphatic rings. The van der Waals surface area contributed by atoms with Gasteiger partial charge in [0.2, 0.25) is 0 Å². The van der Waals surface area contributed by atoms with Gasteiger partial charge in [0.25, 0.3) is 5.56 Å². The van der Waals surface area contributed by atoms with Crippen LogP contribution in [0.15, 0.2) is 35.4 Å². The molecule has 0 atom stereocenters. The number of nitrogens with one attached hydrogen (secondary N) is 1. The molecule has 2 rings (SSSR count). The molecule has 2 aromatic heterocycles. The molecule has 0 fully saturated rings. The molecular formula is C10H9N3O. The quantitative estimate of drug-likeness (QED) is 0.728. The molecule has 0 aliphatic carbocycles. The highest BCUT2D eigenvalue weighted by Crippen LogP contribution is 2.16. The zero-order valence-corrected chi connectivity index (χ0v) is 7.69. The summed E-state index contributed by atoms with van der Waals surface area (Å²) in [6, 6.07) is 5.30. The summed E-state index contributed by atoms with van der Waals surface area (Å²) in [5, 5.41) is 6.05. The van der Waals surface area contributed by atoms with Crippen LogP contribution in [0.4, 0.5) is 0 Å². The van der Waals surface area contributed by atoms with Crippen LogP contribution in [-0.4, -0.2) is 15.2 Å². The Kier molecular flexibility index (Phi) is 2.10. The van der Waals surface area contributed by atoms with Crippen molar-refractivity contribution >= 4 is 0 Å². The van der Waals surface area contributed by atoms with E-state index < -0.39 is 0 Å². The minimum atomic E-state index is -0.215. The lowest BCUT2D eigenvalue weighted by atomic mass is 10.1. The van der Waals surface area contributed by atoms with Crippen molar-refractivity contribution in [1.82, 2.24) is 15.2 Å². The standard InChI is InChI=1S/C10H9N3O/c1-7-3-2-4-11-10(7)8-5-9(14)13-12-6-8/h2-6H,1H3,(H,13,14). The minimum absolute atomic E-state index is 0.215. The third-order valence-corrected chi connectivity index (χ3v) is 1.95. The normalized spacial score (nSPS) is 10.1. The van der Waals surface area contributed by atoms with Crippen LogP contribution in [0.1, 0.15) is 5.56 Å². The van der Waals surface area contributed by atoms with E-state index in [0.29, 0.717) is 0 Å². The molecule has 0 amide bonds. The van der Waals surface area contributed by atoms with E-state index >= 15 is 0 Å². The van der Waals surface area contributed by atoms with E-state index in [4.69, 9.17) is 0 Å². The molecule has 14 heavy (non-hydrogen) atoms. The van der Waals surface area contributed by atoms with E-state index in [0.717, 1.165) is 16.8 Å². The molecule has 0 spiro atoms. The van der Waals surface area contributed by atoms with Gasteiger partial charge in [0.1, 0.15) is 0 Å². The zero-order valence-electron chi connectivity index (χ0n) is 7.69. The van der Waals surface area contributed by atoms with Gasteiger partial charge in [-0.1, -0.05) is 6.07 Å². The van der Waals surface area contributed by atoms with Gasteiger partial charge in [0.05, 0.1) is 11.9 Å². The van der Waals surface area contributed by atoms with Crippen LogP contribution in [0.25, 0.3) is 11.3 Å². The Morgan fingerprint density at radius 3 is 3.00 bits per heavy atom. The van der Waals surface area contributed by atoms with Crippen molar-refractivity contribution < 1.29 is 0 Å². The monoisotopic (exact) mass is 187 g/mol. The summed E-state index contributed by atoms with van der Waals surface area (Å²) in [5.41, 5.74) is 2.35. The molecule has 70 valence electrons. The Bertz CT molecular complexity index is 504. The van der Waals surface area contributed by atoms with Crippen molar-refractivity contribution in [1.29, 1.82) is 0 Å². The number of H-pyrrole nitrogens is 1. The number of hydrogen-bond acceptors (Lipinski definition) is 3. The summed E-state index contributed by atoms with van der Waals surface area (Å²) < 4.78 is 0. The molecule has 0 unspecified atom stereocenters. The lowest BCUT2D eigenvalue weighted by Crippen LogP contribution is -2.06. The van der Waals surface area contributed by atoms with E-state index in [-0.39, 0.29) is 5.56 Å². The molecule has 0 radical (unpaired) electrons. The van der Waals surface area contributed by atoms with Crippen LogP contribution >= 0.6 is 0 Å². The first kappa shape index (κ1) is 8.62. The molecule has 2 heterocycles. The number of rotatable bonds is 1. The van der Waals surface area contributed by atoms with Gasteiger partial charge < -0.3 is 0 Å². The number of hydrogen-bond donors (Lipinski definition) is 1. The third-order valence-electron chi connectivity index (χ3n) is 1.95. The SMILES string of the molecule is Cc1cccnc1-c1cn[nH]c(=O)c1. The summed E-state index contributed by atoms with van der Waals surface area (Å²) >= 11 is 0. The maximum absolute atomic E-state index is 11.0. The maximum Gasteiger partial charge on any atom is 0.264 e. The summed E-state index contributed by atoms with van der Waals surface area (Å²) in [6.07, 6.45) is 3.29. The van der Waals surface area contributed by atoms with Crippen molar-refractivity contribution in [3.63, 3.8) is 0 Å². The topological polar surface area (TPSA) is 58.6 Å². The molecule has 0 saturated carbocycles. The van der Waals surface area contributed by atoms with Gasteiger partial charge in [-0.25, -0.2) is 5.10 Å². The van der Waals surface area contributed by atoms with Gasteiger partial charge in [-0.2, -0.15) is 5.10 Å². The Balaban J connectivity index is 2.61. The molecule has 0 saturated heterocycles. The Morgan fingerprint density at radius 1 is 1.43 bits per heavy atom. The fourth-order valence-electron chi connectivity index (χ4n) is 1.29. The first-order valence-corrected chi connectivity index (χ1v) is 4.24. The second-order valence-electron chi connectivity index (χ2n) is 3.00. The van der Waals surface area contributed by atoms with E-state index in [1.54, 1.807) is 12.4 Å². The van der Waals surface area contributed by atoms with Crippen LogP contribution in [0.3, 0.4) is 0 Å². The second-order valence-corrected chi connectivity index (χ2v) is 3.00. The minimum Gasteiger partial charge on any atom is -0.268 e. The highest BCUT2D eigenvalue weighted by atomic mass is 16.1. The first-order valence-electron chi connectivity index (χ1n) is 4.24. The highest BCUT2D eigenvalue weighted by Gasteiger charge is 2.02. The molecule has 0 aromatic carbocycles. The van der Waals surface area contributed by atoms with Gasteiger partial charge >= 0.3 is 0 Å². The van der Waals surface area contributed by atoms with E-state index in [1.165, 1.54) is 6.07 Å². The molecular weight excluding hydrogens is 178 g/mol. The number of pyridine rings is 1. The van der Waals surface area contributed by atoms with Gasteiger partial charge in [-0.3, -0.25) is 9.78 Å². The van der Waals surface area contributed by atoms with Crippen molar-refractivity contribution in [2.24, 2.45) is 0 Å². The second kappa shape index (κ2) is 3.41. The van der Waals surface area contributed by atoms with E-state index in [1.807, 2.05) is 19.1 Å². The summed E-state index contributed by atoms with van der Waals surface area (Å²) in [6.45, 7) is 1.95. The Labute approximate surface area is 80.6 Å². The molecule has 0 aliphatic heterocycles. The van der Waals surface area contributed by atoms with E-state index in [2.05, 4.69) is 15.2 Å². The summed E-state index contributed by atoms with van der Waals surface area (Å²) in [4.78, 5) is 15.2. The maximum atomic E-state index is 11.0. The van der Waals surface area contributed by atoms with Crippen LogP contribution in [0.2, 0.25) is 0 Å². The number of nitrogens with zero attached hydrogens (tertiary/aromatic N) is 2. The predicted molar refractivity (Wildman–Crippen MR) is 52.8 cm³/mol. The van der Waals surface area contributed by atoms with Crippen LogP contribution in [0.5, 0.6) is 0 Å². The average molecular weight is 187 g/mol. The van der Waals surface area contributed by atoms with Crippen LogP contribution < -0.4 is 5.56 Å². The largest absolute Gasteiger partial charge is 0.268 e. The number of aryl methyl sites for hydroxylation is 1. The van der Waals surface area contributed by atoms with Gasteiger partial charge in [-0.15, -0.1) is 0 Å². The lowest BCUT2D eigenvalue weighted by Gasteiger charge is -2.01. The van der Waals surface area contributed by atoms with Crippen molar-refractivity contribution in [3.8, 4) is 11.3 Å². The number of aromatic amines is 1. The Morgan fingerprint density at radius 2 is 2.29 bits per heavy atom. The zero-order chi connectivity index (χ0) is 9.97. The third kappa shape index (κ3) is 1.54. The number of aromatic nitrogens is 3. The lowest BCUT2D eigenvalue weighted by molar-refractivity contribution is 0.988. The molecule has 1 N–H and O–H groups in total. The van der Waals surface area contributed by atoms with Crippen molar-refractivity contribution in [2.45, 2.75) is 6.92 Å². The first-order chi connectivity index (χ1) is 6.77. The summed E-state index contributed by atoms with van der Waals surface area (Å²) in [5.74, 6) is 0. The smallest absolute Gasteiger partial charge is 0.264 e. The molecule has 2 aromatic rings. The van der Waals surface area contributed by atoms with Crippen molar-refractivity contribution in [3.05, 3.63) is 46.5 Å². The average Bonchev–Trinajstić information content (AvgIpc) is 2.18. The van der Waals surface area contributed by atoms with Gasteiger partial charge in [-0.05, 0) is 18.6 Å². The highest BCUT2D eigenvalue weighted by molar-refractivity contribution is 5.60. The van der Waals surface area contributed by atoms with Crippen LogP contribution in [-0.2, 0) is 0 Å². The van der Waals surface area contributed by atoms with E-state index in [9.17, 15) is 4.79 Å².